The molecule has 0 bridgehead atoms. The first-order valence-corrected chi connectivity index (χ1v) is 8.62. The molecule has 0 aliphatic carbocycles. The van der Waals surface area contributed by atoms with Crippen LogP contribution in [0, 0.1) is 19.8 Å². The molecule has 0 aliphatic heterocycles. The summed E-state index contributed by atoms with van der Waals surface area (Å²) >= 11 is 0. The molecule has 24 heavy (non-hydrogen) atoms. The summed E-state index contributed by atoms with van der Waals surface area (Å²) in [4.78, 5) is 19.0. The van der Waals surface area contributed by atoms with Gasteiger partial charge in [0.15, 0.2) is 0 Å². The highest BCUT2D eigenvalue weighted by atomic mass is 16.1. The topological polar surface area (TPSA) is 45.8 Å². The van der Waals surface area contributed by atoms with Gasteiger partial charge in [0, 0.05) is 23.1 Å². The van der Waals surface area contributed by atoms with Crippen LogP contribution in [0.3, 0.4) is 0 Å². The minimum atomic E-state index is 0.148. The number of pyridine rings is 1. The molecule has 124 valence electrons. The Bertz CT molecular complexity index is 843. The van der Waals surface area contributed by atoms with Gasteiger partial charge >= 0.3 is 0 Å². The van der Waals surface area contributed by atoms with Crippen LogP contribution in [-0.4, -0.2) is 16.3 Å². The second-order valence-electron chi connectivity index (χ2n) is 6.54. The van der Waals surface area contributed by atoms with Crippen molar-refractivity contribution in [3.05, 3.63) is 53.3 Å². The number of nitrogens with zero attached hydrogens (tertiary/aromatic N) is 1. The van der Waals surface area contributed by atoms with Gasteiger partial charge in [-0.2, -0.15) is 0 Å². The summed E-state index contributed by atoms with van der Waals surface area (Å²) < 4.78 is 0. The second-order valence-corrected chi connectivity index (χ2v) is 6.54. The molecule has 1 aromatic carbocycles. The third kappa shape index (κ3) is 3.12. The molecule has 0 spiro atoms. The van der Waals surface area contributed by atoms with Crippen LogP contribution in [0.4, 0.5) is 0 Å². The maximum Gasteiger partial charge on any atom is 0.123 e. The monoisotopic (exact) mass is 320 g/mol. The van der Waals surface area contributed by atoms with E-state index in [4.69, 9.17) is 0 Å². The van der Waals surface area contributed by atoms with Gasteiger partial charge in [0.25, 0.3) is 0 Å². The van der Waals surface area contributed by atoms with Gasteiger partial charge in [0.05, 0.1) is 17.4 Å². The average molecular weight is 320 g/mol. The molecule has 2 heterocycles. The molecule has 0 amide bonds. The van der Waals surface area contributed by atoms with Gasteiger partial charge in [0.2, 0.25) is 0 Å². The van der Waals surface area contributed by atoms with E-state index < -0.39 is 0 Å². The maximum absolute atomic E-state index is 11.1. The molecule has 0 saturated carbocycles. The summed E-state index contributed by atoms with van der Waals surface area (Å²) in [5.41, 5.74) is 7.03. The fourth-order valence-electron chi connectivity index (χ4n) is 3.35. The van der Waals surface area contributed by atoms with Crippen molar-refractivity contribution in [2.75, 3.05) is 0 Å². The third-order valence-corrected chi connectivity index (χ3v) is 4.89. The number of aromatic nitrogens is 2. The zero-order valence-corrected chi connectivity index (χ0v) is 14.6. The summed E-state index contributed by atoms with van der Waals surface area (Å²) in [5.74, 6) is 0.148. The minimum Gasteiger partial charge on any atom is -0.360 e. The van der Waals surface area contributed by atoms with Gasteiger partial charge in [-0.15, -0.1) is 0 Å². The van der Waals surface area contributed by atoms with Crippen molar-refractivity contribution in [1.29, 1.82) is 0 Å². The molecule has 1 atom stereocenters. The molecule has 3 aromatic rings. The van der Waals surface area contributed by atoms with Crippen molar-refractivity contribution < 1.29 is 4.79 Å². The Morgan fingerprint density at radius 2 is 2.00 bits per heavy atom. The van der Waals surface area contributed by atoms with E-state index in [0.717, 1.165) is 36.8 Å². The number of aryl methyl sites for hydroxylation is 3. The lowest BCUT2D eigenvalue weighted by Gasteiger charge is -2.10. The van der Waals surface area contributed by atoms with Crippen molar-refractivity contribution in [2.45, 2.75) is 40.0 Å². The summed E-state index contributed by atoms with van der Waals surface area (Å²) in [6.45, 7) is 6.32. The number of H-pyrrole nitrogens is 1. The molecule has 2 aromatic heterocycles. The van der Waals surface area contributed by atoms with Crippen LogP contribution >= 0.6 is 0 Å². The number of aldehydes is 1. The number of hydrogen-bond donors (Lipinski definition) is 1. The smallest absolute Gasteiger partial charge is 0.123 e. The maximum atomic E-state index is 11.1. The van der Waals surface area contributed by atoms with Crippen molar-refractivity contribution in [2.24, 2.45) is 5.92 Å². The molecular formula is C21H24N2O. The van der Waals surface area contributed by atoms with Crippen LogP contribution in [-0.2, 0) is 11.2 Å². The molecule has 0 aliphatic rings. The molecule has 3 nitrogen and oxygen atoms in total. The van der Waals surface area contributed by atoms with E-state index in [1.54, 1.807) is 0 Å². The Morgan fingerprint density at radius 3 is 2.67 bits per heavy atom. The SMILES string of the molecule is CCC(C=O)CCc1c[nH]c2cnc(-c3c(C)cccc3C)cc12. The number of benzene rings is 1. The highest BCUT2D eigenvalue weighted by molar-refractivity contribution is 5.87. The van der Waals surface area contributed by atoms with Crippen LogP contribution in [0.25, 0.3) is 22.2 Å². The first-order valence-electron chi connectivity index (χ1n) is 8.62. The predicted molar refractivity (Wildman–Crippen MR) is 99.2 cm³/mol. The zero-order chi connectivity index (χ0) is 17.1. The molecule has 1 unspecified atom stereocenters. The molecule has 3 rings (SSSR count). The van der Waals surface area contributed by atoms with Gasteiger partial charge in [-0.25, -0.2) is 0 Å². The fourth-order valence-corrected chi connectivity index (χ4v) is 3.35. The normalized spacial score (nSPS) is 12.5. The summed E-state index contributed by atoms with van der Waals surface area (Å²) in [6.07, 6.45) is 7.76. The van der Waals surface area contributed by atoms with E-state index in [1.807, 2.05) is 6.20 Å². The van der Waals surface area contributed by atoms with E-state index in [9.17, 15) is 4.79 Å². The van der Waals surface area contributed by atoms with Gasteiger partial charge in [-0.1, -0.05) is 25.1 Å². The van der Waals surface area contributed by atoms with Gasteiger partial charge in [-0.05, 0) is 55.9 Å². The molecule has 1 N–H and O–H groups in total. The predicted octanol–water partition coefficient (Wildman–Crippen LogP) is 5.00. The van der Waals surface area contributed by atoms with Crippen LogP contribution in [0.1, 0.15) is 36.5 Å². The van der Waals surface area contributed by atoms with Crippen LogP contribution < -0.4 is 0 Å². The van der Waals surface area contributed by atoms with Crippen LogP contribution in [0.5, 0.6) is 0 Å². The Hall–Kier alpha value is -2.42. The van der Waals surface area contributed by atoms with E-state index in [-0.39, 0.29) is 5.92 Å². The van der Waals surface area contributed by atoms with Gasteiger partial charge < -0.3 is 9.78 Å². The largest absolute Gasteiger partial charge is 0.360 e. The standard InChI is InChI=1S/C21H24N2O/c1-4-16(13-24)8-9-17-11-22-20-12-23-19(10-18(17)20)21-14(2)6-5-7-15(21)3/h5-7,10-13,16,22H,4,8-9H2,1-3H3. The quantitative estimate of drug-likeness (QED) is 0.649. The van der Waals surface area contributed by atoms with E-state index in [1.165, 1.54) is 27.6 Å². The second kappa shape index (κ2) is 7.00. The number of rotatable bonds is 6. The summed E-state index contributed by atoms with van der Waals surface area (Å²) in [5, 5.41) is 1.21. The Kier molecular flexibility index (Phi) is 4.79. The Balaban J connectivity index is 1.98. The van der Waals surface area contributed by atoms with Gasteiger partial charge in [-0.3, -0.25) is 4.98 Å². The Morgan fingerprint density at radius 1 is 1.25 bits per heavy atom. The first-order chi connectivity index (χ1) is 11.6. The van der Waals surface area contributed by atoms with Crippen LogP contribution in [0.15, 0.2) is 36.7 Å². The molecule has 0 fully saturated rings. The first kappa shape index (κ1) is 16.4. The minimum absolute atomic E-state index is 0.148. The van der Waals surface area contributed by atoms with E-state index in [2.05, 4.69) is 61.2 Å². The number of fused-ring (bicyclic) bond motifs is 1. The molecular weight excluding hydrogens is 296 g/mol. The molecule has 3 heteroatoms. The van der Waals surface area contributed by atoms with E-state index >= 15 is 0 Å². The number of hydrogen-bond acceptors (Lipinski definition) is 2. The van der Waals surface area contributed by atoms with Crippen molar-refractivity contribution in [3.8, 4) is 11.3 Å². The lowest BCUT2D eigenvalue weighted by atomic mass is 9.96. The third-order valence-electron chi connectivity index (χ3n) is 4.89. The average Bonchev–Trinajstić information content (AvgIpc) is 2.98. The fraction of sp³-hybridized carbons (Fsp3) is 0.333. The zero-order valence-electron chi connectivity index (χ0n) is 14.6. The lowest BCUT2D eigenvalue weighted by molar-refractivity contribution is -0.111. The number of nitrogens with one attached hydrogen (secondary N) is 1. The molecule has 0 radical (unpaired) electrons. The van der Waals surface area contributed by atoms with E-state index in [0.29, 0.717) is 0 Å². The Labute approximate surface area is 143 Å². The number of carbonyl (C=O) groups excluding carboxylic acids is 1. The van der Waals surface area contributed by atoms with Crippen molar-refractivity contribution >= 4 is 17.2 Å². The highest BCUT2D eigenvalue weighted by Crippen LogP contribution is 2.29. The van der Waals surface area contributed by atoms with Crippen molar-refractivity contribution in [1.82, 2.24) is 9.97 Å². The lowest BCUT2D eigenvalue weighted by Crippen LogP contribution is -2.01. The molecule has 0 saturated heterocycles. The summed E-state index contributed by atoms with van der Waals surface area (Å²) in [7, 11) is 0. The van der Waals surface area contributed by atoms with Crippen LogP contribution in [0.2, 0.25) is 0 Å². The number of carbonyl (C=O) groups is 1. The van der Waals surface area contributed by atoms with Gasteiger partial charge in [0.1, 0.15) is 6.29 Å². The number of aromatic amines is 1. The highest BCUT2D eigenvalue weighted by Gasteiger charge is 2.12. The summed E-state index contributed by atoms with van der Waals surface area (Å²) in [6, 6.07) is 8.52. The van der Waals surface area contributed by atoms with Crippen molar-refractivity contribution in [3.63, 3.8) is 0 Å².